The van der Waals surface area contributed by atoms with Gasteiger partial charge in [0.05, 0.1) is 12.4 Å². The Hall–Kier alpha value is -1.34. The summed E-state index contributed by atoms with van der Waals surface area (Å²) in [6.07, 6.45) is 5.12. The van der Waals surface area contributed by atoms with Crippen molar-refractivity contribution in [2.75, 3.05) is 0 Å². The zero-order valence-corrected chi connectivity index (χ0v) is 4.07. The highest BCUT2D eigenvalue weighted by Gasteiger charge is 1.97. The van der Waals surface area contributed by atoms with Gasteiger partial charge in [0.15, 0.2) is 5.82 Å². The molecular formula is C5H3N3. The molecule has 0 saturated carbocycles. The zero-order valence-electron chi connectivity index (χ0n) is 4.07. The van der Waals surface area contributed by atoms with E-state index in [1.54, 1.807) is 23.3 Å². The van der Waals surface area contributed by atoms with Crippen LogP contribution in [0.15, 0.2) is 17.5 Å². The molecule has 8 heavy (non-hydrogen) atoms. The molecule has 0 saturated heterocycles. The monoisotopic (exact) mass is 105 g/mol. The maximum absolute atomic E-state index is 3.85. The molecule has 2 heterocycles. The van der Waals surface area contributed by atoms with Gasteiger partial charge in [-0.1, -0.05) is 0 Å². The van der Waals surface area contributed by atoms with Crippen LogP contribution < -0.4 is 0 Å². The molecule has 0 bridgehead atoms. The molecule has 38 valence electrons. The zero-order chi connectivity index (χ0) is 5.40. The fourth-order valence-corrected chi connectivity index (χ4v) is 0.641. The first kappa shape index (κ1) is 3.64. The average molecular weight is 105 g/mol. The molecule has 0 radical (unpaired) electrons. The van der Waals surface area contributed by atoms with Crippen LogP contribution in [0.4, 0.5) is 5.82 Å². The maximum atomic E-state index is 3.85. The number of hydrogen-bond acceptors (Lipinski definition) is 2. The predicted octanol–water partition coefficient (Wildman–Crippen LogP) is 0.669. The summed E-state index contributed by atoms with van der Waals surface area (Å²) in [5.74, 6) is 3.54. The summed E-state index contributed by atoms with van der Waals surface area (Å²) in [7, 11) is 0. The van der Waals surface area contributed by atoms with Crippen molar-refractivity contribution in [1.29, 1.82) is 0 Å². The van der Waals surface area contributed by atoms with Crippen LogP contribution in [0.2, 0.25) is 0 Å². The Labute approximate surface area is 46.0 Å². The van der Waals surface area contributed by atoms with E-state index in [4.69, 9.17) is 0 Å². The molecule has 0 amide bonds. The Morgan fingerprint density at radius 3 is 3.50 bits per heavy atom. The molecule has 1 aliphatic rings. The van der Waals surface area contributed by atoms with Gasteiger partial charge in [-0.2, -0.15) is 4.99 Å². The molecule has 3 nitrogen and oxygen atoms in total. The number of rotatable bonds is 0. The summed E-state index contributed by atoms with van der Waals surface area (Å²) in [6, 6.07) is 0. The van der Waals surface area contributed by atoms with Gasteiger partial charge in [-0.25, -0.2) is 4.98 Å². The van der Waals surface area contributed by atoms with Gasteiger partial charge < -0.3 is 0 Å². The fraction of sp³-hybridized carbons (Fsp3) is 0. The Morgan fingerprint density at radius 1 is 1.62 bits per heavy atom. The second-order valence-electron chi connectivity index (χ2n) is 1.53. The standard InChI is InChI=1S/C5H3N3/c1-2-8-4-6-3-5(8)7-1/h2-4H. The molecule has 2 rings (SSSR count). The third kappa shape index (κ3) is 0.290. The second-order valence-corrected chi connectivity index (χ2v) is 1.53. The van der Waals surface area contributed by atoms with Crippen molar-refractivity contribution in [3.05, 3.63) is 12.5 Å². The minimum absolute atomic E-state index is 0.852. The van der Waals surface area contributed by atoms with E-state index >= 15 is 0 Å². The van der Waals surface area contributed by atoms with Gasteiger partial charge >= 0.3 is 0 Å². The normalized spacial score (nSPS) is 12.5. The van der Waals surface area contributed by atoms with Crippen LogP contribution in [-0.2, 0) is 0 Å². The first-order valence-corrected chi connectivity index (χ1v) is 2.28. The lowest BCUT2D eigenvalue weighted by molar-refractivity contribution is 1.15. The van der Waals surface area contributed by atoms with Gasteiger partial charge in [0.1, 0.15) is 6.33 Å². The third-order valence-corrected chi connectivity index (χ3v) is 1.02. The quantitative estimate of drug-likeness (QED) is 0.484. The Morgan fingerprint density at radius 2 is 2.62 bits per heavy atom. The number of aliphatic imine (C=N–C) groups is 1. The molecule has 0 aliphatic carbocycles. The molecule has 3 heteroatoms. The minimum atomic E-state index is 0.852. The fourth-order valence-electron chi connectivity index (χ4n) is 0.641. The topological polar surface area (TPSA) is 30.2 Å². The molecule has 0 unspecified atom stereocenters. The first-order chi connectivity index (χ1) is 3.97. The Kier molecular flexibility index (Phi) is 0.492. The van der Waals surface area contributed by atoms with Gasteiger partial charge in [0.25, 0.3) is 0 Å². The highest BCUT2D eigenvalue weighted by atomic mass is 15.1. The van der Waals surface area contributed by atoms with E-state index in [2.05, 4.69) is 15.8 Å². The van der Waals surface area contributed by atoms with Gasteiger partial charge in [-0.15, -0.1) is 0 Å². The number of hydrogen-bond donors (Lipinski definition) is 0. The highest BCUT2D eigenvalue weighted by molar-refractivity contribution is 5.76. The van der Waals surface area contributed by atoms with Gasteiger partial charge in [0.2, 0.25) is 0 Å². The first-order valence-electron chi connectivity index (χ1n) is 2.28. The summed E-state index contributed by atoms with van der Waals surface area (Å²) in [6.45, 7) is 0. The summed E-state index contributed by atoms with van der Waals surface area (Å²) in [4.78, 5) is 7.70. The molecule has 0 spiro atoms. The largest absolute Gasteiger partial charge is 0.281 e. The molecule has 0 aromatic carbocycles. The van der Waals surface area contributed by atoms with Crippen molar-refractivity contribution < 1.29 is 0 Å². The van der Waals surface area contributed by atoms with E-state index in [9.17, 15) is 0 Å². The van der Waals surface area contributed by atoms with E-state index in [0.717, 1.165) is 5.82 Å². The minimum Gasteiger partial charge on any atom is -0.281 e. The Bertz CT molecular complexity index is 242. The molecule has 1 aliphatic heterocycles. The van der Waals surface area contributed by atoms with Crippen LogP contribution >= 0.6 is 0 Å². The van der Waals surface area contributed by atoms with E-state index in [-0.39, 0.29) is 0 Å². The molecule has 0 fully saturated rings. The van der Waals surface area contributed by atoms with Crippen LogP contribution in [0.5, 0.6) is 0 Å². The smallest absolute Gasteiger partial charge is 0.166 e. The predicted molar refractivity (Wildman–Crippen MR) is 30.1 cm³/mol. The number of aromatic nitrogens is 2. The Balaban J connectivity index is 2.78. The molecule has 0 atom stereocenters. The van der Waals surface area contributed by atoms with Crippen LogP contribution in [0.25, 0.3) is 6.20 Å². The van der Waals surface area contributed by atoms with Crippen LogP contribution in [0, 0.1) is 0 Å². The van der Waals surface area contributed by atoms with Gasteiger partial charge in [0, 0.05) is 5.87 Å². The van der Waals surface area contributed by atoms with Gasteiger partial charge in [-0.3, -0.25) is 4.57 Å². The van der Waals surface area contributed by atoms with Gasteiger partial charge in [-0.05, 0) is 0 Å². The lowest BCUT2D eigenvalue weighted by Crippen LogP contribution is -1.73. The van der Waals surface area contributed by atoms with Crippen LogP contribution in [0.3, 0.4) is 0 Å². The third-order valence-electron chi connectivity index (χ3n) is 1.02. The highest BCUT2D eigenvalue weighted by Crippen LogP contribution is 2.12. The van der Waals surface area contributed by atoms with E-state index in [0.29, 0.717) is 0 Å². The molecule has 0 N–H and O–H groups in total. The lowest BCUT2D eigenvalue weighted by Gasteiger charge is -1.82. The number of nitrogens with zero attached hydrogens (tertiary/aromatic N) is 3. The number of imidazole rings is 1. The SMILES string of the molecule is C1=Cn2cncc2N=1. The lowest BCUT2D eigenvalue weighted by atomic mass is 10.8. The molecule has 1 aromatic heterocycles. The van der Waals surface area contributed by atoms with Crippen molar-refractivity contribution in [2.24, 2.45) is 4.99 Å². The van der Waals surface area contributed by atoms with Crippen LogP contribution in [-0.4, -0.2) is 15.4 Å². The van der Waals surface area contributed by atoms with E-state index < -0.39 is 0 Å². The summed E-state index contributed by atoms with van der Waals surface area (Å²) >= 11 is 0. The summed E-state index contributed by atoms with van der Waals surface area (Å²) < 4.78 is 1.81. The van der Waals surface area contributed by atoms with Crippen molar-refractivity contribution in [3.63, 3.8) is 0 Å². The maximum Gasteiger partial charge on any atom is 0.166 e. The average Bonchev–Trinajstić information content (AvgIpc) is 2.15. The summed E-state index contributed by atoms with van der Waals surface area (Å²) in [5.41, 5.74) is 0. The van der Waals surface area contributed by atoms with Crippen molar-refractivity contribution >= 4 is 17.9 Å². The van der Waals surface area contributed by atoms with E-state index in [1.807, 2.05) is 0 Å². The molecule has 1 aromatic rings. The van der Waals surface area contributed by atoms with Crippen molar-refractivity contribution in [2.45, 2.75) is 0 Å². The number of fused-ring (bicyclic) bond motifs is 1. The van der Waals surface area contributed by atoms with E-state index in [1.165, 1.54) is 0 Å². The second kappa shape index (κ2) is 1.08. The molecular weight excluding hydrogens is 102 g/mol. The van der Waals surface area contributed by atoms with Crippen molar-refractivity contribution in [1.82, 2.24) is 9.55 Å². The summed E-state index contributed by atoms with van der Waals surface area (Å²) in [5, 5.41) is 0. The van der Waals surface area contributed by atoms with Crippen LogP contribution in [0.1, 0.15) is 0 Å². The van der Waals surface area contributed by atoms with Crippen molar-refractivity contribution in [3.8, 4) is 0 Å².